The molecule has 2 aliphatic heterocycles. The minimum absolute atomic E-state index is 0.00982. The average Bonchev–Trinajstić information content (AvgIpc) is 2.83. The molecule has 0 N–H and O–H groups in total. The minimum atomic E-state index is -0.143. The van der Waals surface area contributed by atoms with Crippen molar-refractivity contribution in [1.29, 1.82) is 0 Å². The van der Waals surface area contributed by atoms with Crippen molar-refractivity contribution in [3.63, 3.8) is 0 Å². The first-order valence-corrected chi connectivity index (χ1v) is 11.5. The number of amides is 2. The maximum atomic E-state index is 13.0. The molecule has 0 aromatic heterocycles. The summed E-state index contributed by atoms with van der Waals surface area (Å²) in [5.41, 5.74) is 2.14. The van der Waals surface area contributed by atoms with Gasteiger partial charge in [-0.15, -0.1) is 0 Å². The van der Waals surface area contributed by atoms with Gasteiger partial charge in [-0.05, 0) is 25.0 Å². The molecule has 0 radical (unpaired) electrons. The maximum Gasteiger partial charge on any atom is 0.223 e. The molecule has 0 unspecified atom stereocenters. The van der Waals surface area contributed by atoms with E-state index in [2.05, 4.69) is 0 Å². The fourth-order valence-electron chi connectivity index (χ4n) is 4.81. The summed E-state index contributed by atoms with van der Waals surface area (Å²) in [6, 6.07) is 19.9. The van der Waals surface area contributed by atoms with Gasteiger partial charge in [0.25, 0.3) is 0 Å². The zero-order valence-electron chi connectivity index (χ0n) is 18.9. The number of hydrogen-bond donors (Lipinski definition) is 0. The monoisotopic (exact) mass is 436 g/mol. The highest BCUT2D eigenvalue weighted by atomic mass is 16.5. The number of carbonyl (C=O) groups is 2. The van der Waals surface area contributed by atoms with Gasteiger partial charge in [0.1, 0.15) is 12.2 Å². The number of morpholine rings is 2. The van der Waals surface area contributed by atoms with E-state index in [1.165, 1.54) is 0 Å². The Morgan fingerprint density at radius 2 is 1.09 bits per heavy atom. The molecule has 170 valence electrons. The third-order valence-corrected chi connectivity index (χ3v) is 6.57. The Balaban J connectivity index is 1.34. The highest BCUT2D eigenvalue weighted by molar-refractivity contribution is 5.84. The number of carbonyl (C=O) groups excluding carboxylic acids is 2. The summed E-state index contributed by atoms with van der Waals surface area (Å²) in [6.45, 7) is 6.16. The third kappa shape index (κ3) is 4.87. The second-order valence-corrected chi connectivity index (χ2v) is 8.56. The van der Waals surface area contributed by atoms with Gasteiger partial charge in [0.2, 0.25) is 11.8 Å². The topological polar surface area (TPSA) is 59.1 Å². The smallest absolute Gasteiger partial charge is 0.223 e. The summed E-state index contributed by atoms with van der Waals surface area (Å²) in [5.74, 6) is 0.0196. The lowest BCUT2D eigenvalue weighted by Crippen LogP contribution is -2.50. The van der Waals surface area contributed by atoms with Crippen LogP contribution in [-0.2, 0) is 19.1 Å². The van der Waals surface area contributed by atoms with Gasteiger partial charge in [0, 0.05) is 25.9 Å². The predicted octanol–water partition coefficient (Wildman–Crippen LogP) is 3.74. The van der Waals surface area contributed by atoms with Crippen LogP contribution in [0.15, 0.2) is 60.7 Å². The van der Waals surface area contributed by atoms with Crippen molar-refractivity contribution in [1.82, 2.24) is 9.80 Å². The van der Waals surface area contributed by atoms with Crippen molar-refractivity contribution < 1.29 is 19.1 Å². The molecule has 6 heteroatoms. The van der Waals surface area contributed by atoms with Gasteiger partial charge in [-0.1, -0.05) is 60.7 Å². The number of ether oxygens (including phenoxy) is 2. The van der Waals surface area contributed by atoms with Gasteiger partial charge >= 0.3 is 0 Å². The standard InChI is InChI=1S/C26H32N2O4/c1-19-25(21-9-5-3-6-10-21)31-17-15-27(19)23(29)13-14-24(30)28-16-18-32-26(20(28)2)22-11-7-4-8-12-22/h3-12,19-20,25-26H,13-18H2,1-2H3/t19-,20-,25-,26-/m0/s1. The van der Waals surface area contributed by atoms with Gasteiger partial charge < -0.3 is 19.3 Å². The first kappa shape index (κ1) is 22.5. The highest BCUT2D eigenvalue weighted by Gasteiger charge is 2.35. The lowest BCUT2D eigenvalue weighted by atomic mass is 9.99. The van der Waals surface area contributed by atoms with E-state index in [1.807, 2.05) is 84.3 Å². The third-order valence-electron chi connectivity index (χ3n) is 6.57. The molecule has 4 atom stereocenters. The van der Waals surface area contributed by atoms with Crippen LogP contribution < -0.4 is 0 Å². The molecule has 6 nitrogen and oxygen atoms in total. The van der Waals surface area contributed by atoms with Crippen molar-refractivity contribution in [2.24, 2.45) is 0 Å². The highest BCUT2D eigenvalue weighted by Crippen LogP contribution is 2.30. The van der Waals surface area contributed by atoms with E-state index in [-0.39, 0.29) is 48.9 Å². The number of nitrogens with zero attached hydrogens (tertiary/aromatic N) is 2. The molecular weight excluding hydrogens is 404 g/mol. The zero-order chi connectivity index (χ0) is 22.5. The van der Waals surface area contributed by atoms with Gasteiger partial charge in [0.15, 0.2) is 0 Å². The summed E-state index contributed by atoms with van der Waals surface area (Å²) in [4.78, 5) is 29.8. The van der Waals surface area contributed by atoms with Gasteiger partial charge in [-0.2, -0.15) is 0 Å². The molecule has 2 heterocycles. The van der Waals surface area contributed by atoms with E-state index in [0.717, 1.165) is 11.1 Å². The largest absolute Gasteiger partial charge is 0.370 e. The van der Waals surface area contributed by atoms with Crippen LogP contribution in [0, 0.1) is 0 Å². The fourth-order valence-corrected chi connectivity index (χ4v) is 4.81. The van der Waals surface area contributed by atoms with Gasteiger partial charge in [0.05, 0.1) is 25.3 Å². The Morgan fingerprint density at radius 3 is 1.47 bits per heavy atom. The second kappa shape index (κ2) is 10.3. The van der Waals surface area contributed by atoms with Crippen LogP contribution in [0.3, 0.4) is 0 Å². The van der Waals surface area contributed by atoms with E-state index in [9.17, 15) is 9.59 Å². The lowest BCUT2D eigenvalue weighted by Gasteiger charge is -2.41. The summed E-state index contributed by atoms with van der Waals surface area (Å²) in [5, 5.41) is 0. The molecule has 2 saturated heterocycles. The van der Waals surface area contributed by atoms with E-state index in [0.29, 0.717) is 26.3 Å². The predicted molar refractivity (Wildman–Crippen MR) is 122 cm³/mol. The van der Waals surface area contributed by atoms with Crippen LogP contribution in [0.1, 0.15) is 50.0 Å². The minimum Gasteiger partial charge on any atom is -0.370 e. The summed E-state index contributed by atoms with van der Waals surface area (Å²) < 4.78 is 11.9. The van der Waals surface area contributed by atoms with E-state index < -0.39 is 0 Å². The molecule has 0 aliphatic carbocycles. The Hall–Kier alpha value is -2.70. The van der Waals surface area contributed by atoms with Crippen molar-refractivity contribution in [3.05, 3.63) is 71.8 Å². The fraction of sp³-hybridized carbons (Fsp3) is 0.462. The van der Waals surface area contributed by atoms with Crippen LogP contribution in [0.2, 0.25) is 0 Å². The molecule has 2 amide bonds. The van der Waals surface area contributed by atoms with Crippen molar-refractivity contribution >= 4 is 11.8 Å². The van der Waals surface area contributed by atoms with E-state index in [4.69, 9.17) is 9.47 Å². The normalized spacial score (nSPS) is 26.1. The van der Waals surface area contributed by atoms with Crippen molar-refractivity contribution in [2.75, 3.05) is 26.3 Å². The maximum absolute atomic E-state index is 13.0. The van der Waals surface area contributed by atoms with Crippen LogP contribution in [-0.4, -0.2) is 60.0 Å². The molecule has 32 heavy (non-hydrogen) atoms. The Labute approximate surface area is 190 Å². The summed E-state index contributed by atoms with van der Waals surface area (Å²) in [7, 11) is 0. The molecule has 0 spiro atoms. The van der Waals surface area contributed by atoms with Crippen molar-refractivity contribution in [2.45, 2.75) is 51.0 Å². The summed E-state index contributed by atoms with van der Waals surface area (Å²) in [6.07, 6.45) is 0.140. The molecule has 0 bridgehead atoms. The van der Waals surface area contributed by atoms with Crippen LogP contribution in [0.5, 0.6) is 0 Å². The summed E-state index contributed by atoms with van der Waals surface area (Å²) >= 11 is 0. The second-order valence-electron chi connectivity index (χ2n) is 8.56. The van der Waals surface area contributed by atoms with Crippen LogP contribution in [0.4, 0.5) is 0 Å². The lowest BCUT2D eigenvalue weighted by molar-refractivity contribution is -0.151. The first-order valence-electron chi connectivity index (χ1n) is 11.5. The first-order chi connectivity index (χ1) is 15.6. The number of benzene rings is 2. The van der Waals surface area contributed by atoms with Crippen LogP contribution >= 0.6 is 0 Å². The Bertz CT molecular complexity index is 829. The quantitative estimate of drug-likeness (QED) is 0.716. The SMILES string of the molecule is C[C@H]1[C@@H](c2ccccc2)OCCN1C(=O)CCC(=O)N1CCO[C@H](c2ccccc2)[C@@H]1C. The molecule has 2 fully saturated rings. The van der Waals surface area contributed by atoms with Gasteiger partial charge in [-0.25, -0.2) is 0 Å². The average molecular weight is 437 g/mol. The molecule has 2 aliphatic rings. The molecule has 2 aromatic rings. The molecule has 4 rings (SSSR count). The molecule has 2 aromatic carbocycles. The van der Waals surface area contributed by atoms with E-state index in [1.54, 1.807) is 0 Å². The number of hydrogen-bond acceptors (Lipinski definition) is 4. The zero-order valence-corrected chi connectivity index (χ0v) is 18.9. The Morgan fingerprint density at radius 1 is 0.719 bits per heavy atom. The van der Waals surface area contributed by atoms with Crippen LogP contribution in [0.25, 0.3) is 0 Å². The van der Waals surface area contributed by atoms with E-state index >= 15 is 0 Å². The Kier molecular flexibility index (Phi) is 7.22. The number of rotatable bonds is 5. The molecular formula is C26H32N2O4. The van der Waals surface area contributed by atoms with Crippen molar-refractivity contribution in [3.8, 4) is 0 Å². The van der Waals surface area contributed by atoms with Gasteiger partial charge in [-0.3, -0.25) is 9.59 Å². The molecule has 0 saturated carbocycles.